The number of nitriles is 1. The second kappa shape index (κ2) is 11.6. The Balaban J connectivity index is 0.000000588. The van der Waals surface area contributed by atoms with Crippen molar-refractivity contribution in [3.8, 4) is 6.07 Å². The topological polar surface area (TPSA) is 113 Å². The summed E-state index contributed by atoms with van der Waals surface area (Å²) in [5.41, 5.74) is 1.90. The van der Waals surface area contributed by atoms with E-state index in [1.165, 1.54) is 23.2 Å². The summed E-state index contributed by atoms with van der Waals surface area (Å²) < 4.78 is 19.0. The summed E-state index contributed by atoms with van der Waals surface area (Å²) in [5.74, 6) is -0.204. The van der Waals surface area contributed by atoms with E-state index in [1.54, 1.807) is 24.3 Å². The first-order valence-corrected chi connectivity index (χ1v) is 11.6. The molecule has 8 heteroatoms. The van der Waals surface area contributed by atoms with Crippen LogP contribution in [0.15, 0.2) is 43.0 Å². The number of unbranched alkanes of at least 4 members (excludes halogenated alkanes) is 1. The van der Waals surface area contributed by atoms with Crippen LogP contribution < -0.4 is 0 Å². The van der Waals surface area contributed by atoms with Crippen LogP contribution in [0.4, 0.5) is 4.39 Å². The molecular formula is C26H31FN4O3. The molecule has 2 fully saturated rings. The lowest BCUT2D eigenvalue weighted by molar-refractivity contribution is -0.152. The Kier molecular flexibility index (Phi) is 8.61. The van der Waals surface area contributed by atoms with Gasteiger partial charge in [-0.25, -0.2) is 4.39 Å². The van der Waals surface area contributed by atoms with Crippen molar-refractivity contribution in [2.75, 3.05) is 0 Å². The molecule has 1 aliphatic heterocycles. The fourth-order valence-electron chi connectivity index (χ4n) is 4.21. The zero-order chi connectivity index (χ0) is 24.7. The van der Waals surface area contributed by atoms with E-state index in [4.69, 9.17) is 15.4 Å². The SMILES string of the molecule is C=C(OC1CC(C(=O)N2C(O)CCC2c2ccc(F)cc2)C1)c1ccc(C#N)[nH]1.CCCC=N. The molecule has 1 aromatic carbocycles. The highest BCUT2D eigenvalue weighted by Crippen LogP contribution is 2.41. The number of aromatic nitrogens is 1. The third kappa shape index (κ3) is 5.91. The van der Waals surface area contributed by atoms with Gasteiger partial charge in [-0.2, -0.15) is 5.26 Å². The van der Waals surface area contributed by atoms with Crippen LogP contribution >= 0.6 is 0 Å². The Morgan fingerprint density at radius 2 is 2.03 bits per heavy atom. The van der Waals surface area contributed by atoms with E-state index in [1.807, 2.05) is 6.07 Å². The van der Waals surface area contributed by atoms with Crippen molar-refractivity contribution in [2.45, 2.75) is 63.8 Å². The van der Waals surface area contributed by atoms with E-state index in [0.29, 0.717) is 42.8 Å². The number of rotatable bonds is 7. The minimum absolute atomic E-state index is 0.0959. The molecule has 1 amide bonds. The molecule has 2 aliphatic rings. The molecule has 2 unspecified atom stereocenters. The molecule has 180 valence electrons. The van der Waals surface area contributed by atoms with Crippen LogP contribution in [0.1, 0.15) is 68.4 Å². The first-order valence-electron chi connectivity index (χ1n) is 11.6. The zero-order valence-electron chi connectivity index (χ0n) is 19.3. The highest BCUT2D eigenvalue weighted by molar-refractivity contribution is 5.81. The molecular weight excluding hydrogens is 435 g/mol. The highest BCUT2D eigenvalue weighted by atomic mass is 19.1. The number of amides is 1. The summed E-state index contributed by atoms with van der Waals surface area (Å²) in [6.07, 6.45) is 4.75. The van der Waals surface area contributed by atoms with Gasteiger partial charge in [0, 0.05) is 5.92 Å². The van der Waals surface area contributed by atoms with Crippen molar-refractivity contribution in [1.29, 1.82) is 10.7 Å². The number of carbonyl (C=O) groups excluding carboxylic acids is 1. The van der Waals surface area contributed by atoms with Crippen LogP contribution in [0.3, 0.4) is 0 Å². The Hall–Kier alpha value is -3.44. The summed E-state index contributed by atoms with van der Waals surface area (Å²) in [6.45, 7) is 5.94. The van der Waals surface area contributed by atoms with Crippen LogP contribution in [0.2, 0.25) is 0 Å². The number of aromatic amines is 1. The van der Waals surface area contributed by atoms with Crippen molar-refractivity contribution in [3.05, 3.63) is 65.7 Å². The highest BCUT2D eigenvalue weighted by Gasteiger charge is 2.44. The Labute approximate surface area is 199 Å². The first kappa shape index (κ1) is 25.2. The number of nitrogens with zero attached hydrogens (tertiary/aromatic N) is 2. The maximum atomic E-state index is 13.2. The molecule has 34 heavy (non-hydrogen) atoms. The fraction of sp³-hybridized carbons (Fsp3) is 0.423. The van der Waals surface area contributed by atoms with Crippen LogP contribution in [0.5, 0.6) is 0 Å². The van der Waals surface area contributed by atoms with Crippen LogP contribution in [-0.4, -0.2) is 39.4 Å². The molecule has 2 aromatic rings. The van der Waals surface area contributed by atoms with E-state index in [2.05, 4.69) is 18.5 Å². The quantitative estimate of drug-likeness (QED) is 0.397. The van der Waals surface area contributed by atoms with Gasteiger partial charge in [-0.05, 0) is 68.1 Å². The molecule has 1 saturated heterocycles. The second-order valence-corrected chi connectivity index (χ2v) is 8.59. The molecule has 4 rings (SSSR count). The zero-order valence-corrected chi connectivity index (χ0v) is 19.3. The standard InChI is InChI=1S/C22H22FN3O3.C4H9N/c1-13(19-7-6-17(12-24)25-19)29-18-10-15(11-18)22(28)26-20(8-9-21(26)27)14-2-4-16(23)5-3-14;1-2-3-4-5/h2-7,15,18,20-21,25,27H,1,8-11H2;4-5H,2-3H2,1H3. The van der Waals surface area contributed by atoms with Crippen molar-refractivity contribution in [2.24, 2.45) is 5.92 Å². The Morgan fingerprint density at radius 1 is 1.32 bits per heavy atom. The number of ether oxygens (including phenoxy) is 1. The third-order valence-electron chi connectivity index (χ3n) is 6.16. The maximum Gasteiger partial charge on any atom is 0.228 e. The number of nitrogens with one attached hydrogen (secondary N) is 2. The van der Waals surface area contributed by atoms with Crippen LogP contribution in [0, 0.1) is 28.5 Å². The lowest BCUT2D eigenvalue weighted by Crippen LogP contribution is -2.47. The maximum absolute atomic E-state index is 13.2. The van der Waals surface area contributed by atoms with Crippen molar-refractivity contribution >= 4 is 17.9 Å². The summed E-state index contributed by atoms with van der Waals surface area (Å²) in [4.78, 5) is 17.4. The van der Waals surface area contributed by atoms with Crippen LogP contribution in [0.25, 0.3) is 5.76 Å². The number of likely N-dealkylation sites (tertiary alicyclic amines) is 1. The number of H-pyrrole nitrogens is 1. The molecule has 1 aromatic heterocycles. The Morgan fingerprint density at radius 3 is 2.59 bits per heavy atom. The minimum Gasteiger partial charge on any atom is -0.489 e. The summed E-state index contributed by atoms with van der Waals surface area (Å²) in [7, 11) is 0. The number of hydrogen-bond donors (Lipinski definition) is 3. The van der Waals surface area contributed by atoms with Gasteiger partial charge in [-0.1, -0.05) is 32.1 Å². The van der Waals surface area contributed by atoms with Gasteiger partial charge in [0.15, 0.2) is 0 Å². The normalized spacial score (nSPS) is 23.2. The summed E-state index contributed by atoms with van der Waals surface area (Å²) in [5, 5.41) is 25.7. The van der Waals surface area contributed by atoms with Gasteiger partial charge in [0.25, 0.3) is 0 Å². The first-order chi connectivity index (χ1) is 16.4. The van der Waals surface area contributed by atoms with Gasteiger partial charge in [-0.15, -0.1) is 0 Å². The van der Waals surface area contributed by atoms with Gasteiger partial charge < -0.3 is 25.1 Å². The van der Waals surface area contributed by atoms with Crippen molar-refractivity contribution in [1.82, 2.24) is 9.88 Å². The molecule has 2 atom stereocenters. The molecule has 2 heterocycles. The number of hydrogen-bond acceptors (Lipinski definition) is 5. The summed E-state index contributed by atoms with van der Waals surface area (Å²) in [6, 6.07) is 11.2. The smallest absolute Gasteiger partial charge is 0.228 e. The fourth-order valence-corrected chi connectivity index (χ4v) is 4.21. The van der Waals surface area contributed by atoms with Gasteiger partial charge in [0.1, 0.15) is 35.7 Å². The molecule has 0 spiro atoms. The number of halogens is 1. The monoisotopic (exact) mass is 466 g/mol. The second-order valence-electron chi connectivity index (χ2n) is 8.59. The van der Waals surface area contributed by atoms with Crippen molar-refractivity contribution < 1.29 is 19.0 Å². The molecule has 1 saturated carbocycles. The van der Waals surface area contributed by atoms with Gasteiger partial charge in [0.2, 0.25) is 5.91 Å². The molecule has 7 nitrogen and oxygen atoms in total. The minimum atomic E-state index is -0.823. The predicted molar refractivity (Wildman–Crippen MR) is 127 cm³/mol. The molecule has 3 N–H and O–H groups in total. The number of aliphatic hydroxyl groups is 1. The van der Waals surface area contributed by atoms with Gasteiger partial charge >= 0.3 is 0 Å². The average Bonchev–Trinajstić information content (AvgIpc) is 3.44. The van der Waals surface area contributed by atoms with Gasteiger partial charge in [-0.3, -0.25) is 4.79 Å². The lowest BCUT2D eigenvalue weighted by atomic mass is 9.81. The van der Waals surface area contributed by atoms with E-state index in [-0.39, 0.29) is 29.8 Å². The van der Waals surface area contributed by atoms with E-state index in [0.717, 1.165) is 18.4 Å². The number of aliphatic hydroxyl groups excluding tert-OH is 1. The van der Waals surface area contributed by atoms with E-state index in [9.17, 15) is 14.3 Å². The largest absolute Gasteiger partial charge is 0.489 e. The molecule has 1 aliphatic carbocycles. The molecule has 0 bridgehead atoms. The van der Waals surface area contributed by atoms with E-state index >= 15 is 0 Å². The lowest BCUT2D eigenvalue weighted by Gasteiger charge is -2.39. The van der Waals surface area contributed by atoms with E-state index < -0.39 is 6.23 Å². The number of carbonyl (C=O) groups is 1. The summed E-state index contributed by atoms with van der Waals surface area (Å²) >= 11 is 0. The Bertz CT molecular complexity index is 1040. The van der Waals surface area contributed by atoms with Gasteiger partial charge in [0.05, 0.1) is 11.7 Å². The predicted octanol–water partition coefficient (Wildman–Crippen LogP) is 4.91. The molecule has 0 radical (unpaired) electrons. The van der Waals surface area contributed by atoms with Crippen LogP contribution in [-0.2, 0) is 9.53 Å². The van der Waals surface area contributed by atoms with Crippen molar-refractivity contribution in [3.63, 3.8) is 0 Å². The number of benzene rings is 1. The average molecular weight is 467 g/mol. The third-order valence-corrected chi connectivity index (χ3v) is 6.16.